The van der Waals surface area contributed by atoms with Gasteiger partial charge in [0.2, 0.25) is 35.4 Å². The fourth-order valence-corrected chi connectivity index (χ4v) is 17.3. The summed E-state index contributed by atoms with van der Waals surface area (Å²) in [5, 5.41) is 37.8. The first kappa shape index (κ1) is 91.6. The molecule has 0 radical (unpaired) electrons. The van der Waals surface area contributed by atoms with Gasteiger partial charge in [0.25, 0.3) is 0 Å². The number of pyridine rings is 4. The van der Waals surface area contributed by atoms with Crippen LogP contribution in [0.1, 0.15) is 124 Å². The molecule has 3 fully saturated rings. The second-order valence-corrected chi connectivity index (χ2v) is 33.5. The highest BCUT2D eigenvalue weighted by Gasteiger charge is 2.65. The van der Waals surface area contributed by atoms with E-state index in [2.05, 4.69) is 50.7 Å². The molecule has 0 spiro atoms. The molecule has 34 heteroatoms. The summed E-state index contributed by atoms with van der Waals surface area (Å²) in [5.41, 5.74) is 4.45. The zero-order chi connectivity index (χ0) is 88.4. The molecule has 656 valence electrons. The van der Waals surface area contributed by atoms with E-state index in [0.29, 0.717) is 78.2 Å². The van der Waals surface area contributed by atoms with E-state index >= 15 is 4.79 Å². The van der Waals surface area contributed by atoms with E-state index in [9.17, 15) is 48.6 Å². The molecule has 0 aliphatic carbocycles. The van der Waals surface area contributed by atoms with Gasteiger partial charge in [-0.15, -0.1) is 16.9 Å². The van der Waals surface area contributed by atoms with Crippen molar-refractivity contribution in [1.82, 2.24) is 70.1 Å². The summed E-state index contributed by atoms with van der Waals surface area (Å²) in [6.45, 7) is 7.87. The molecule has 7 amide bonds. The van der Waals surface area contributed by atoms with Crippen molar-refractivity contribution in [3.63, 3.8) is 0 Å². The molecule has 12 rings (SSSR count). The van der Waals surface area contributed by atoms with Gasteiger partial charge in [0, 0.05) is 147 Å². The molecule has 4 bridgehead atoms. The van der Waals surface area contributed by atoms with Gasteiger partial charge in [0.15, 0.2) is 5.72 Å². The number of nitrogens with zero attached hydrogens (tertiary/aromatic N) is 13. The van der Waals surface area contributed by atoms with E-state index in [-0.39, 0.29) is 87.8 Å². The van der Waals surface area contributed by atoms with Gasteiger partial charge >= 0.3 is 18.0 Å². The van der Waals surface area contributed by atoms with Crippen LogP contribution in [0.4, 0.5) is 10.5 Å². The molecule has 9 heterocycles. The third kappa shape index (κ3) is 23.3. The third-order valence-corrected chi connectivity index (χ3v) is 24.5. The van der Waals surface area contributed by atoms with Gasteiger partial charge in [-0.3, -0.25) is 68.7 Å². The molecular weight excluding hydrogens is 1630 g/mol. The number of epoxide rings is 1. The fraction of sp³-hybridized carbons (Fsp3) is 0.433. The number of unbranched alkanes of at least 4 members (excludes halogenated alkanes) is 2. The maximum absolute atomic E-state index is 15.1. The van der Waals surface area contributed by atoms with Crippen LogP contribution in [0.5, 0.6) is 11.5 Å². The number of fused-ring (bicyclic) bond motifs is 6. The lowest BCUT2D eigenvalue weighted by Gasteiger charge is -2.42. The summed E-state index contributed by atoms with van der Waals surface area (Å²) >= 11 is 8.03. The standard InChI is InChI=1S/C90H106ClN15O17S/c1-57-24-23-31-75(119-8)90(117)48-73(121-88(116)97-90)58(2)84-89(4,123-84)76(47-80(110)101(6)70-43-60(40-57)45-72(118-7)82(70)91)122-86(114)59(3)100(5)78(108)33-39-124-74-46-81(111)104(85(74)113)38-22-10-11-32-79(109)105(55-77(107)96-56-106-69-30-13-12-29-68(69)98-99-106)71(87(115)120-9)44-61-41-62(49-102(51-64-25-14-18-34-92-64)52-65-26-15-19-35-93-65)83(112)63(42-61)50-103(53-66-27-16-20-36-94-66)54-67-28-17-21-37-95-67/h12-21,23-31,34-37,41-43,45,58-59,71,73-76,84,112,117H,10-11,22,32-33,38-40,44,46-56H2,1-9H3,(H,96,107)(H,97,116)/b31-23+,57-24+/t58-,59+,71-,73+,74?,75-,76+,84+,89+,90+/m0/s1. The number of imide groups is 1. The molecular formula is C90H106ClN15O17S. The Bertz CT molecular complexity index is 4980. The Hall–Kier alpha value is -11.6. The highest BCUT2D eigenvalue weighted by molar-refractivity contribution is 8.00. The van der Waals surface area contributed by atoms with E-state index in [1.165, 1.54) is 66.6 Å². The number of likely N-dealkylation sites (tertiary alicyclic amines) is 1. The molecule has 3 saturated heterocycles. The highest BCUT2D eigenvalue weighted by atomic mass is 35.5. The van der Waals surface area contributed by atoms with E-state index < -0.39 is 125 Å². The zero-order valence-electron chi connectivity index (χ0n) is 71.0. The first-order valence-electron chi connectivity index (χ1n) is 41.2. The number of carbonyl (C=O) groups is 9. The number of rotatable bonds is 35. The van der Waals surface area contributed by atoms with Crippen molar-refractivity contribution in [2.24, 2.45) is 5.92 Å². The number of aromatic nitrogens is 7. The summed E-state index contributed by atoms with van der Waals surface area (Å²) in [4.78, 5) is 156. The number of halogens is 1. The number of likely N-dealkylation sites (N-methyl/N-ethyl adjacent to an activating group) is 1. The molecule has 5 aromatic heterocycles. The molecule has 10 atom stereocenters. The van der Waals surface area contributed by atoms with Crippen LogP contribution in [-0.2, 0) is 121 Å². The lowest BCUT2D eigenvalue weighted by Crippen LogP contribution is -2.63. The smallest absolute Gasteiger partial charge is 0.409 e. The molecule has 0 saturated carbocycles. The van der Waals surface area contributed by atoms with Gasteiger partial charge in [0.1, 0.15) is 71.2 Å². The quantitative estimate of drug-likeness (QED) is 0.00945. The van der Waals surface area contributed by atoms with E-state index in [1.807, 2.05) is 97.9 Å². The average Bonchev–Trinajstić information content (AvgIpc) is 1.57. The second-order valence-electron chi connectivity index (χ2n) is 31.8. The van der Waals surface area contributed by atoms with Crippen LogP contribution < -0.4 is 20.3 Å². The maximum atomic E-state index is 15.1. The van der Waals surface area contributed by atoms with Crippen LogP contribution in [0.15, 0.2) is 170 Å². The van der Waals surface area contributed by atoms with Gasteiger partial charge < -0.3 is 58.7 Å². The molecule has 124 heavy (non-hydrogen) atoms. The number of hydrogen-bond acceptors (Lipinski definition) is 26. The van der Waals surface area contributed by atoms with Gasteiger partial charge in [-0.2, -0.15) is 0 Å². The number of phenols is 1. The average molecular weight is 1740 g/mol. The van der Waals surface area contributed by atoms with Crippen LogP contribution in [0, 0.1) is 5.92 Å². The normalized spacial score (nSPS) is 21.5. The summed E-state index contributed by atoms with van der Waals surface area (Å²) < 4.78 is 36.8. The molecule has 3 aromatic carbocycles. The number of thioether (sulfide) groups is 1. The predicted octanol–water partition coefficient (Wildman–Crippen LogP) is 9.15. The number of aromatic hydroxyl groups is 1. The molecule has 4 N–H and O–H groups in total. The number of esters is 2. The summed E-state index contributed by atoms with van der Waals surface area (Å²) in [5.74, 6) is -5.02. The number of benzene rings is 3. The Kier molecular flexibility index (Phi) is 31.2. The summed E-state index contributed by atoms with van der Waals surface area (Å²) in [6, 6.07) is 34.3. The van der Waals surface area contributed by atoms with Crippen molar-refractivity contribution >= 4 is 93.6 Å². The van der Waals surface area contributed by atoms with Crippen molar-refractivity contribution in [3.05, 3.63) is 220 Å². The Balaban J connectivity index is 0.707. The number of anilines is 1. The number of aliphatic hydroxyl groups is 1. The number of allylic oxidation sites excluding steroid dienone is 3. The van der Waals surface area contributed by atoms with Crippen molar-refractivity contribution in [3.8, 4) is 11.5 Å². The van der Waals surface area contributed by atoms with Crippen LogP contribution >= 0.6 is 23.4 Å². The minimum Gasteiger partial charge on any atom is -0.507 e. The van der Waals surface area contributed by atoms with Crippen LogP contribution in [0.25, 0.3) is 11.0 Å². The van der Waals surface area contributed by atoms with Crippen molar-refractivity contribution in [2.45, 2.75) is 191 Å². The lowest BCUT2D eigenvalue weighted by molar-refractivity contribution is -0.162. The minimum atomic E-state index is -1.93. The number of nitrogens with one attached hydrogen (secondary N) is 2. The molecule has 4 aliphatic heterocycles. The van der Waals surface area contributed by atoms with Crippen LogP contribution in [0.2, 0.25) is 5.02 Å². The minimum absolute atomic E-state index is 0.00403. The van der Waals surface area contributed by atoms with E-state index in [0.717, 1.165) is 45.7 Å². The number of ether oxygens (including phenoxy) is 6. The number of alkyl carbamates (subject to hydrolysis) is 1. The maximum Gasteiger partial charge on any atom is 0.409 e. The summed E-state index contributed by atoms with van der Waals surface area (Å²) in [7, 11) is 7.02. The third-order valence-electron chi connectivity index (χ3n) is 23.0. The van der Waals surface area contributed by atoms with Gasteiger partial charge in [-0.05, 0) is 124 Å². The van der Waals surface area contributed by atoms with Crippen LogP contribution in [0.3, 0.4) is 0 Å². The van der Waals surface area contributed by atoms with Gasteiger partial charge in [-0.25, -0.2) is 19.1 Å². The monoisotopic (exact) mass is 1740 g/mol. The molecule has 1 unspecified atom stereocenters. The number of amides is 7. The second kappa shape index (κ2) is 42.2. The zero-order valence-corrected chi connectivity index (χ0v) is 72.5. The lowest BCUT2D eigenvalue weighted by atomic mass is 9.83. The van der Waals surface area contributed by atoms with Crippen molar-refractivity contribution in [2.75, 3.05) is 59.2 Å². The molecule has 32 nitrogen and oxygen atoms in total. The molecule has 8 aromatic rings. The SMILES string of the molecule is COC(=O)[C@H](Cc1cc(CN(Cc2ccccn2)Cc2ccccn2)c(O)c(CN(Cc2ccccn2)Cc2ccccn2)c1)N(CC(=O)NCn1nnc2ccccc21)C(=O)CCCCCN1C(=O)CC(SCCC(=O)N(C)[C@H](C)C(=O)O[C@@H]2CC(=O)N(C)c3cc(cc(OC)c3Cl)C/C(C)=C/C=C/[C@H](OC)[C@]3(O)C[C@@H](OC(=O)N3)[C@H](C)[C@H]3O[C@@]32C)C1=O. The Morgan fingerprint density at radius 2 is 1.38 bits per heavy atom. The fourth-order valence-electron chi connectivity index (χ4n) is 15.9. The van der Waals surface area contributed by atoms with E-state index in [1.54, 1.807) is 87.2 Å². The number of methoxy groups -OCH3 is 3. The predicted molar refractivity (Wildman–Crippen MR) is 459 cm³/mol. The van der Waals surface area contributed by atoms with Crippen molar-refractivity contribution in [1.29, 1.82) is 0 Å². The van der Waals surface area contributed by atoms with Crippen LogP contribution in [-0.4, -0.2) is 230 Å². The Labute approximate surface area is 729 Å². The first-order chi connectivity index (χ1) is 59.6. The number of para-hydroxylation sites is 1. The topological polar surface area (TPSA) is 379 Å². The summed E-state index contributed by atoms with van der Waals surface area (Å²) in [6.07, 6.45) is 7.06. The largest absolute Gasteiger partial charge is 0.507 e. The Morgan fingerprint density at radius 1 is 0.766 bits per heavy atom. The van der Waals surface area contributed by atoms with Gasteiger partial charge in [0.05, 0.1) is 66.0 Å². The Morgan fingerprint density at radius 3 is 1.97 bits per heavy atom. The van der Waals surface area contributed by atoms with Gasteiger partial charge in [-0.1, -0.05) is 102 Å². The highest BCUT2D eigenvalue weighted by Crippen LogP contribution is 2.50. The number of hydrogen-bond donors (Lipinski definition) is 4. The first-order valence-corrected chi connectivity index (χ1v) is 42.7. The van der Waals surface area contributed by atoms with E-state index in [4.69, 9.17) is 40.0 Å². The van der Waals surface area contributed by atoms with Crippen molar-refractivity contribution < 1.29 is 81.8 Å². The number of phenolic OH excluding ortho intramolecular Hbond substituents is 1. The number of carbonyl (C=O) groups excluding carboxylic acids is 9. The molecule has 4 aliphatic rings.